The van der Waals surface area contributed by atoms with E-state index in [1.807, 2.05) is 0 Å². The van der Waals surface area contributed by atoms with Crippen molar-refractivity contribution in [3.63, 3.8) is 0 Å². The monoisotopic (exact) mass is 308 g/mol. The van der Waals surface area contributed by atoms with E-state index >= 15 is 0 Å². The van der Waals surface area contributed by atoms with Crippen molar-refractivity contribution >= 4 is 6.09 Å². The second kappa shape index (κ2) is 7.89. The molecule has 1 rings (SSSR count). The van der Waals surface area contributed by atoms with Crippen LogP contribution in [0.3, 0.4) is 0 Å². The third-order valence-corrected chi connectivity index (χ3v) is 2.99. The van der Waals surface area contributed by atoms with E-state index in [1.165, 1.54) is 0 Å². The van der Waals surface area contributed by atoms with Gasteiger partial charge >= 0.3 is 6.09 Å². The summed E-state index contributed by atoms with van der Waals surface area (Å²) in [5, 5.41) is 4.96. The molecule has 1 unspecified atom stereocenters. The highest BCUT2D eigenvalue weighted by atomic mass is 19.3. The van der Waals surface area contributed by atoms with Crippen molar-refractivity contribution in [3.8, 4) is 0 Å². The summed E-state index contributed by atoms with van der Waals surface area (Å²) in [6.45, 7) is 5.13. The number of ether oxygens (including phenoxy) is 2. The minimum absolute atomic E-state index is 0.0416. The zero-order valence-corrected chi connectivity index (χ0v) is 13.0. The lowest BCUT2D eigenvalue weighted by Gasteiger charge is -2.23. The third kappa shape index (κ3) is 8.83. The lowest BCUT2D eigenvalue weighted by atomic mass is 10.1. The molecule has 1 aliphatic heterocycles. The molecule has 0 saturated carbocycles. The van der Waals surface area contributed by atoms with Crippen molar-refractivity contribution in [3.05, 3.63) is 0 Å². The van der Waals surface area contributed by atoms with Gasteiger partial charge in [-0.1, -0.05) is 0 Å². The summed E-state index contributed by atoms with van der Waals surface area (Å²) in [4.78, 5) is 11.4. The van der Waals surface area contributed by atoms with Crippen LogP contribution in [0.2, 0.25) is 0 Å². The Hall–Kier alpha value is -0.950. The fourth-order valence-electron chi connectivity index (χ4n) is 1.98. The number of hydrogen-bond acceptors (Lipinski definition) is 4. The largest absolute Gasteiger partial charge is 0.444 e. The molecule has 124 valence electrons. The highest BCUT2D eigenvalue weighted by Gasteiger charge is 2.31. The molecule has 1 aliphatic rings. The van der Waals surface area contributed by atoms with Crippen molar-refractivity contribution in [2.75, 3.05) is 26.3 Å². The van der Waals surface area contributed by atoms with Gasteiger partial charge in [0, 0.05) is 19.3 Å². The van der Waals surface area contributed by atoms with Gasteiger partial charge < -0.3 is 20.1 Å². The van der Waals surface area contributed by atoms with Crippen LogP contribution in [-0.2, 0) is 9.47 Å². The Bertz CT molecular complexity index is 325. The molecule has 0 radical (unpaired) electrons. The quantitative estimate of drug-likeness (QED) is 0.818. The van der Waals surface area contributed by atoms with E-state index in [2.05, 4.69) is 10.6 Å². The molecule has 2 N–H and O–H groups in total. The first-order valence-electron chi connectivity index (χ1n) is 7.34. The van der Waals surface area contributed by atoms with Crippen LogP contribution in [0.15, 0.2) is 0 Å². The van der Waals surface area contributed by atoms with Crippen LogP contribution in [0.1, 0.15) is 40.0 Å². The van der Waals surface area contributed by atoms with E-state index in [1.54, 1.807) is 20.8 Å². The molecule has 0 bridgehead atoms. The first-order chi connectivity index (χ1) is 9.68. The zero-order chi connectivity index (χ0) is 15.9. The van der Waals surface area contributed by atoms with E-state index in [0.29, 0.717) is 13.2 Å². The molecule has 0 spiro atoms. The molecule has 0 aliphatic carbocycles. The van der Waals surface area contributed by atoms with Gasteiger partial charge in [-0.2, -0.15) is 0 Å². The smallest absolute Gasteiger partial charge is 0.407 e. The Labute approximate surface area is 124 Å². The zero-order valence-electron chi connectivity index (χ0n) is 13.0. The summed E-state index contributed by atoms with van der Waals surface area (Å²) in [6.07, 6.45) is 1.61. The predicted octanol–water partition coefficient (Wildman–Crippen LogP) is 2.31. The van der Waals surface area contributed by atoms with Crippen LogP contribution in [-0.4, -0.2) is 50.0 Å². The summed E-state index contributed by atoms with van der Waals surface area (Å²) in [6, 6.07) is 0.0416. The van der Waals surface area contributed by atoms with Gasteiger partial charge in [-0.15, -0.1) is 0 Å². The summed E-state index contributed by atoms with van der Waals surface area (Å²) >= 11 is 0. The minimum Gasteiger partial charge on any atom is -0.444 e. The molecule has 0 aromatic carbocycles. The van der Waals surface area contributed by atoms with Gasteiger partial charge in [-0.05, 0) is 40.0 Å². The SMILES string of the molecule is CC(C)(C)OC(=O)NCC(F)(F)CNC1CCCOCC1. The standard InChI is InChI=1S/C14H26F2N2O3/c1-13(2,3)21-12(19)18-10-14(15,16)9-17-11-5-4-7-20-8-6-11/h11,17H,4-10H2,1-3H3,(H,18,19). The number of amides is 1. The van der Waals surface area contributed by atoms with E-state index in [9.17, 15) is 13.6 Å². The number of rotatable bonds is 5. The van der Waals surface area contributed by atoms with Crippen molar-refractivity contribution in [2.24, 2.45) is 0 Å². The molecule has 5 nitrogen and oxygen atoms in total. The van der Waals surface area contributed by atoms with Gasteiger partial charge in [0.1, 0.15) is 5.60 Å². The molecule has 1 fully saturated rings. The molecular weight excluding hydrogens is 282 g/mol. The Morgan fingerprint density at radius 3 is 2.62 bits per heavy atom. The Morgan fingerprint density at radius 1 is 1.24 bits per heavy atom. The van der Waals surface area contributed by atoms with Gasteiger partial charge in [-0.3, -0.25) is 0 Å². The predicted molar refractivity (Wildman–Crippen MR) is 75.6 cm³/mol. The average Bonchev–Trinajstić information content (AvgIpc) is 2.61. The van der Waals surface area contributed by atoms with Crippen molar-refractivity contribution in [2.45, 2.75) is 57.6 Å². The summed E-state index contributed by atoms with van der Waals surface area (Å²) in [5.74, 6) is -3.01. The molecule has 21 heavy (non-hydrogen) atoms. The minimum atomic E-state index is -3.01. The fourth-order valence-corrected chi connectivity index (χ4v) is 1.98. The van der Waals surface area contributed by atoms with Crippen LogP contribution in [0.5, 0.6) is 0 Å². The Kier molecular flexibility index (Phi) is 6.80. The van der Waals surface area contributed by atoms with Crippen LogP contribution in [0, 0.1) is 0 Å². The first kappa shape index (κ1) is 18.1. The van der Waals surface area contributed by atoms with Crippen molar-refractivity contribution in [1.82, 2.24) is 10.6 Å². The second-order valence-corrected chi connectivity index (χ2v) is 6.33. The highest BCUT2D eigenvalue weighted by Crippen LogP contribution is 2.14. The maximum atomic E-state index is 13.7. The number of carbonyl (C=O) groups excluding carboxylic acids is 1. The van der Waals surface area contributed by atoms with Crippen LogP contribution >= 0.6 is 0 Å². The number of nitrogens with one attached hydrogen (secondary N) is 2. The molecule has 1 atom stereocenters. The van der Waals surface area contributed by atoms with Gasteiger partial charge in [-0.25, -0.2) is 13.6 Å². The Balaban J connectivity index is 2.27. The maximum Gasteiger partial charge on any atom is 0.407 e. The fraction of sp³-hybridized carbons (Fsp3) is 0.929. The van der Waals surface area contributed by atoms with Crippen molar-refractivity contribution in [1.29, 1.82) is 0 Å². The van der Waals surface area contributed by atoms with Crippen LogP contribution in [0.25, 0.3) is 0 Å². The average molecular weight is 308 g/mol. The van der Waals surface area contributed by atoms with E-state index in [-0.39, 0.29) is 6.04 Å². The second-order valence-electron chi connectivity index (χ2n) is 6.33. The summed E-state index contributed by atoms with van der Waals surface area (Å²) in [5.41, 5.74) is -0.696. The van der Waals surface area contributed by atoms with Crippen LogP contribution < -0.4 is 10.6 Å². The van der Waals surface area contributed by atoms with Gasteiger partial charge in [0.15, 0.2) is 0 Å². The van der Waals surface area contributed by atoms with Gasteiger partial charge in [0.05, 0.1) is 13.1 Å². The summed E-state index contributed by atoms with van der Waals surface area (Å²) in [7, 11) is 0. The number of alkyl carbamates (subject to hydrolysis) is 1. The number of halogens is 2. The van der Waals surface area contributed by atoms with E-state index in [4.69, 9.17) is 9.47 Å². The maximum absolute atomic E-state index is 13.7. The highest BCUT2D eigenvalue weighted by molar-refractivity contribution is 5.67. The topological polar surface area (TPSA) is 59.6 Å². The number of alkyl halides is 2. The first-order valence-corrected chi connectivity index (χ1v) is 7.34. The summed E-state index contributed by atoms with van der Waals surface area (Å²) < 4.78 is 37.6. The van der Waals surface area contributed by atoms with Gasteiger partial charge in [0.2, 0.25) is 0 Å². The van der Waals surface area contributed by atoms with Crippen molar-refractivity contribution < 1.29 is 23.0 Å². The third-order valence-electron chi connectivity index (χ3n) is 2.99. The van der Waals surface area contributed by atoms with Crippen LogP contribution in [0.4, 0.5) is 13.6 Å². The molecule has 1 saturated heterocycles. The van der Waals surface area contributed by atoms with E-state index < -0.39 is 30.7 Å². The van der Waals surface area contributed by atoms with E-state index in [0.717, 1.165) is 19.3 Å². The lowest BCUT2D eigenvalue weighted by molar-refractivity contribution is -0.00601. The van der Waals surface area contributed by atoms with Gasteiger partial charge in [0.25, 0.3) is 5.92 Å². The molecule has 1 heterocycles. The molecule has 1 amide bonds. The molecule has 7 heteroatoms. The number of carbonyl (C=O) groups is 1. The molecule has 0 aromatic heterocycles. The number of hydrogen-bond donors (Lipinski definition) is 2. The molecule has 0 aromatic rings. The molecular formula is C14H26F2N2O3. The normalized spacial score (nSPS) is 20.7. The Morgan fingerprint density at radius 2 is 1.95 bits per heavy atom. The lowest BCUT2D eigenvalue weighted by Crippen LogP contribution is -2.47.